The maximum Gasteiger partial charge on any atom is 0.337 e. The van der Waals surface area contributed by atoms with Crippen LogP contribution in [-0.4, -0.2) is 27.8 Å². The van der Waals surface area contributed by atoms with Crippen molar-refractivity contribution in [1.29, 1.82) is 0 Å². The summed E-state index contributed by atoms with van der Waals surface area (Å²) in [5.74, 6) is -1.37. The fraction of sp³-hybridized carbons (Fsp3) is 0.0952. The van der Waals surface area contributed by atoms with Gasteiger partial charge in [0.15, 0.2) is 0 Å². The third kappa shape index (κ3) is 3.79. The number of nitrogens with one attached hydrogen (secondary N) is 1. The quantitative estimate of drug-likeness (QED) is 0.538. The molecule has 6 nitrogen and oxygen atoms in total. The zero-order valence-electron chi connectivity index (χ0n) is 15.0. The van der Waals surface area contributed by atoms with E-state index in [0.29, 0.717) is 16.9 Å². The van der Waals surface area contributed by atoms with Crippen molar-refractivity contribution in [2.45, 2.75) is 13.8 Å². The monoisotopic (exact) mass is 361 g/mol. The van der Waals surface area contributed by atoms with Gasteiger partial charge in [0.2, 0.25) is 0 Å². The molecule has 3 rings (SSSR count). The van der Waals surface area contributed by atoms with Crippen LogP contribution in [0.25, 0.3) is 5.69 Å². The molecule has 0 unspecified atom stereocenters. The van der Waals surface area contributed by atoms with Crippen molar-refractivity contribution in [3.8, 4) is 5.69 Å². The van der Waals surface area contributed by atoms with Crippen molar-refractivity contribution in [3.63, 3.8) is 0 Å². The highest BCUT2D eigenvalue weighted by molar-refractivity contribution is 5.97. The first kappa shape index (κ1) is 18.1. The maximum absolute atomic E-state index is 12.5. The van der Waals surface area contributed by atoms with Gasteiger partial charge in [0, 0.05) is 11.4 Å². The maximum atomic E-state index is 12.5. The molecule has 0 saturated heterocycles. The molecule has 0 saturated carbocycles. The van der Waals surface area contributed by atoms with Crippen molar-refractivity contribution in [1.82, 2.24) is 9.99 Å². The molecule has 1 heterocycles. The molecule has 0 aliphatic rings. The van der Waals surface area contributed by atoms with E-state index in [1.54, 1.807) is 48.0 Å². The molecule has 2 N–H and O–H groups in total. The molecule has 2 aromatic carbocycles. The van der Waals surface area contributed by atoms with Crippen LogP contribution in [0.5, 0.6) is 0 Å². The number of aromatic nitrogens is 1. The van der Waals surface area contributed by atoms with Crippen LogP contribution in [0.4, 0.5) is 0 Å². The number of hydrogen-bond acceptors (Lipinski definition) is 3. The van der Waals surface area contributed by atoms with Crippen molar-refractivity contribution in [2.75, 3.05) is 0 Å². The topological polar surface area (TPSA) is 83.7 Å². The van der Waals surface area contributed by atoms with Crippen molar-refractivity contribution >= 4 is 18.1 Å². The molecule has 136 valence electrons. The van der Waals surface area contributed by atoms with Gasteiger partial charge in [0.05, 0.1) is 23.0 Å². The predicted molar refractivity (Wildman–Crippen MR) is 104 cm³/mol. The largest absolute Gasteiger partial charge is 0.478 e. The average Bonchev–Trinajstić information content (AvgIpc) is 2.96. The molecule has 0 aliphatic heterocycles. The number of rotatable bonds is 5. The van der Waals surface area contributed by atoms with Crippen LogP contribution in [0.1, 0.15) is 37.7 Å². The van der Waals surface area contributed by atoms with Crippen LogP contribution in [0.3, 0.4) is 0 Å². The second-order valence-corrected chi connectivity index (χ2v) is 6.05. The summed E-state index contributed by atoms with van der Waals surface area (Å²) >= 11 is 0. The molecule has 0 aliphatic carbocycles. The normalized spacial score (nSPS) is 10.9. The molecule has 1 aromatic heterocycles. The van der Waals surface area contributed by atoms with Crippen LogP contribution in [0.2, 0.25) is 0 Å². The Bertz CT molecular complexity index is 1020. The summed E-state index contributed by atoms with van der Waals surface area (Å²) < 4.78 is 1.76. The van der Waals surface area contributed by atoms with E-state index in [2.05, 4.69) is 10.5 Å². The summed E-state index contributed by atoms with van der Waals surface area (Å²) in [4.78, 5) is 24.0. The fourth-order valence-electron chi connectivity index (χ4n) is 2.98. The second-order valence-electron chi connectivity index (χ2n) is 6.05. The number of hydrogen-bond donors (Lipinski definition) is 2. The summed E-state index contributed by atoms with van der Waals surface area (Å²) in [7, 11) is 0. The number of nitrogens with zero attached hydrogens (tertiary/aromatic N) is 2. The van der Waals surface area contributed by atoms with Crippen molar-refractivity contribution in [3.05, 3.63) is 88.7 Å². The third-order valence-electron chi connectivity index (χ3n) is 4.23. The predicted octanol–water partition coefficient (Wildman–Crippen LogP) is 3.56. The lowest BCUT2D eigenvalue weighted by molar-refractivity contribution is 0.0696. The highest BCUT2D eigenvalue weighted by Crippen LogP contribution is 2.23. The molecule has 27 heavy (non-hydrogen) atoms. The van der Waals surface area contributed by atoms with Crippen molar-refractivity contribution in [2.24, 2.45) is 5.10 Å². The van der Waals surface area contributed by atoms with E-state index in [4.69, 9.17) is 0 Å². The lowest BCUT2D eigenvalue weighted by Gasteiger charge is -2.12. The molecular formula is C21H19N3O3. The van der Waals surface area contributed by atoms with Crippen LogP contribution < -0.4 is 5.43 Å². The highest BCUT2D eigenvalue weighted by atomic mass is 16.4. The minimum Gasteiger partial charge on any atom is -0.478 e. The lowest BCUT2D eigenvalue weighted by atomic mass is 10.1. The van der Waals surface area contributed by atoms with Gasteiger partial charge in [-0.2, -0.15) is 5.10 Å². The summed E-state index contributed by atoms with van der Waals surface area (Å²) in [5.41, 5.74) is 5.94. The number of benzene rings is 2. The Labute approximate surface area is 156 Å². The van der Waals surface area contributed by atoms with Crippen LogP contribution >= 0.6 is 0 Å². The van der Waals surface area contributed by atoms with Gasteiger partial charge in [-0.05, 0) is 37.6 Å². The first-order valence-corrected chi connectivity index (χ1v) is 8.39. The minimum atomic E-state index is -1.02. The Balaban J connectivity index is 1.89. The van der Waals surface area contributed by atoms with E-state index in [1.807, 2.05) is 37.3 Å². The smallest absolute Gasteiger partial charge is 0.337 e. The third-order valence-corrected chi connectivity index (χ3v) is 4.23. The van der Waals surface area contributed by atoms with Crippen molar-refractivity contribution < 1.29 is 14.7 Å². The molecule has 6 heteroatoms. The number of carbonyl (C=O) groups is 2. The Morgan fingerprint density at radius 1 is 1.00 bits per heavy atom. The molecule has 3 aromatic rings. The number of carboxylic acids is 1. The second kappa shape index (κ2) is 7.70. The van der Waals surface area contributed by atoms with Gasteiger partial charge in [-0.15, -0.1) is 0 Å². The van der Waals surface area contributed by atoms with Gasteiger partial charge in [0.1, 0.15) is 0 Å². The molecule has 1 amide bonds. The zero-order valence-corrected chi connectivity index (χ0v) is 15.0. The van der Waals surface area contributed by atoms with Gasteiger partial charge in [-0.1, -0.05) is 42.5 Å². The SMILES string of the molecule is Cc1cc(C(=O)NN=Cc2ccccc2)c(C)n1-c1ccccc1C(=O)O. The standard InChI is InChI=1S/C21H19N3O3/c1-14-12-18(20(25)23-22-13-16-8-4-3-5-9-16)15(2)24(14)19-11-7-6-10-17(19)21(26)27/h3-13H,1-2H3,(H,23,25)(H,26,27). The number of aryl methyl sites for hydroxylation is 1. The van der Waals surface area contributed by atoms with Gasteiger partial charge in [-0.3, -0.25) is 4.79 Å². The fourth-order valence-corrected chi connectivity index (χ4v) is 2.98. The van der Waals surface area contributed by atoms with E-state index in [-0.39, 0.29) is 11.5 Å². The lowest BCUT2D eigenvalue weighted by Crippen LogP contribution is -2.18. The van der Waals surface area contributed by atoms with Gasteiger partial charge < -0.3 is 9.67 Å². The van der Waals surface area contributed by atoms with Gasteiger partial charge >= 0.3 is 5.97 Å². The Morgan fingerprint density at radius 3 is 2.37 bits per heavy atom. The number of amides is 1. The number of carboxylic acid groups (broad SMARTS) is 1. The molecule has 0 fully saturated rings. The molecule has 0 atom stereocenters. The minimum absolute atomic E-state index is 0.174. The van der Waals surface area contributed by atoms with Gasteiger partial charge in [0.25, 0.3) is 5.91 Å². The van der Waals surface area contributed by atoms with E-state index in [1.165, 1.54) is 0 Å². The molecule has 0 spiro atoms. The number of para-hydroxylation sites is 1. The number of hydrazone groups is 1. The van der Waals surface area contributed by atoms with Crippen LogP contribution in [-0.2, 0) is 0 Å². The van der Waals surface area contributed by atoms with E-state index in [9.17, 15) is 14.7 Å². The summed E-state index contributed by atoms with van der Waals surface area (Å²) in [5, 5.41) is 13.4. The summed E-state index contributed by atoms with van der Waals surface area (Å²) in [6.45, 7) is 3.61. The zero-order chi connectivity index (χ0) is 19.4. The molecular weight excluding hydrogens is 342 g/mol. The Kier molecular flexibility index (Phi) is 5.17. The number of carbonyl (C=O) groups excluding carboxylic acids is 1. The summed E-state index contributed by atoms with van der Waals surface area (Å²) in [6, 6.07) is 17.9. The Hall–Kier alpha value is -3.67. The van der Waals surface area contributed by atoms with E-state index >= 15 is 0 Å². The van der Waals surface area contributed by atoms with Gasteiger partial charge in [-0.25, -0.2) is 10.2 Å². The first-order valence-electron chi connectivity index (χ1n) is 8.39. The average molecular weight is 361 g/mol. The van der Waals surface area contributed by atoms with Crippen LogP contribution in [0, 0.1) is 13.8 Å². The highest BCUT2D eigenvalue weighted by Gasteiger charge is 2.19. The molecule has 0 bridgehead atoms. The van der Waals surface area contributed by atoms with E-state index < -0.39 is 5.97 Å². The first-order chi connectivity index (χ1) is 13.0. The Morgan fingerprint density at radius 2 is 1.67 bits per heavy atom. The van der Waals surface area contributed by atoms with Crippen LogP contribution in [0.15, 0.2) is 65.8 Å². The summed E-state index contributed by atoms with van der Waals surface area (Å²) in [6.07, 6.45) is 1.57. The van der Waals surface area contributed by atoms with E-state index in [0.717, 1.165) is 11.3 Å². The number of aromatic carboxylic acids is 1. The molecule has 0 radical (unpaired) electrons.